The van der Waals surface area contributed by atoms with Crippen molar-refractivity contribution in [3.8, 4) is 0 Å². The molecule has 0 bridgehead atoms. The summed E-state index contributed by atoms with van der Waals surface area (Å²) in [4.78, 5) is 27.8. The summed E-state index contributed by atoms with van der Waals surface area (Å²) >= 11 is 0. The fourth-order valence-electron chi connectivity index (χ4n) is 2.41. The molecule has 1 aliphatic heterocycles. The predicted octanol–water partition coefficient (Wildman–Crippen LogP) is 1.89. The monoisotopic (exact) mass is 302 g/mol. The van der Waals surface area contributed by atoms with Crippen molar-refractivity contribution >= 4 is 11.9 Å². The van der Waals surface area contributed by atoms with Crippen molar-refractivity contribution in [2.75, 3.05) is 13.1 Å². The van der Waals surface area contributed by atoms with Gasteiger partial charge in [0, 0.05) is 19.3 Å². The number of aromatic nitrogens is 1. The third kappa shape index (κ3) is 2.98. The predicted molar refractivity (Wildman–Crippen MR) is 65.4 cm³/mol. The Morgan fingerprint density at radius 3 is 2.57 bits per heavy atom. The van der Waals surface area contributed by atoms with Crippen molar-refractivity contribution in [1.29, 1.82) is 0 Å². The Kier molecular flexibility index (Phi) is 3.89. The molecular formula is C13H13F3N2O3. The number of aliphatic carboxylic acids is 1. The quantitative estimate of drug-likeness (QED) is 0.905. The first-order chi connectivity index (χ1) is 9.71. The topological polar surface area (TPSA) is 70.5 Å². The van der Waals surface area contributed by atoms with Crippen LogP contribution in [0.4, 0.5) is 13.2 Å². The molecule has 2 heterocycles. The van der Waals surface area contributed by atoms with Gasteiger partial charge in [0.25, 0.3) is 5.91 Å². The van der Waals surface area contributed by atoms with E-state index in [1.54, 1.807) is 6.92 Å². The Hall–Kier alpha value is -2.12. The molecule has 0 radical (unpaired) electrons. The number of carbonyl (C=O) groups is 2. The Labute approximate surface area is 118 Å². The zero-order valence-electron chi connectivity index (χ0n) is 11.1. The number of alkyl halides is 3. The maximum absolute atomic E-state index is 12.9. The fourth-order valence-corrected chi connectivity index (χ4v) is 2.41. The standard InChI is InChI=1S/C13H13F3N2O3/c1-7-5-18(6-8(7)12(20)21)11(19)10-9(13(14,15)16)3-2-4-17-10/h2-4,7-8H,5-6H2,1H3,(H,20,21)/t7-,8-/m1/s1. The minimum absolute atomic E-state index is 0.101. The van der Waals surface area contributed by atoms with Crippen LogP contribution in [0.5, 0.6) is 0 Å². The number of rotatable bonds is 2. The summed E-state index contributed by atoms with van der Waals surface area (Å²) in [5.74, 6) is -3.04. The van der Waals surface area contributed by atoms with Crippen LogP contribution in [0, 0.1) is 11.8 Å². The lowest BCUT2D eigenvalue weighted by atomic mass is 9.99. The van der Waals surface area contributed by atoms with E-state index < -0.39 is 35.2 Å². The van der Waals surface area contributed by atoms with Gasteiger partial charge in [0.15, 0.2) is 0 Å². The molecule has 0 unspecified atom stereocenters. The van der Waals surface area contributed by atoms with E-state index in [2.05, 4.69) is 4.98 Å². The van der Waals surface area contributed by atoms with E-state index in [-0.39, 0.29) is 19.0 Å². The number of nitrogens with zero attached hydrogens (tertiary/aromatic N) is 2. The number of halogens is 3. The Bertz CT molecular complexity index is 574. The zero-order valence-corrected chi connectivity index (χ0v) is 11.1. The van der Waals surface area contributed by atoms with Crippen LogP contribution in [0.25, 0.3) is 0 Å². The molecule has 1 aromatic heterocycles. The van der Waals surface area contributed by atoms with Crippen LogP contribution in [0.1, 0.15) is 23.0 Å². The highest BCUT2D eigenvalue weighted by atomic mass is 19.4. The molecule has 1 aromatic rings. The van der Waals surface area contributed by atoms with E-state index in [1.165, 1.54) is 0 Å². The first-order valence-electron chi connectivity index (χ1n) is 6.26. The van der Waals surface area contributed by atoms with Gasteiger partial charge in [-0.05, 0) is 18.1 Å². The first kappa shape index (κ1) is 15.3. The largest absolute Gasteiger partial charge is 0.481 e. The molecule has 0 saturated carbocycles. The minimum Gasteiger partial charge on any atom is -0.481 e. The summed E-state index contributed by atoms with van der Waals surface area (Å²) < 4.78 is 38.6. The van der Waals surface area contributed by atoms with Crippen molar-refractivity contribution in [2.24, 2.45) is 11.8 Å². The smallest absolute Gasteiger partial charge is 0.418 e. The van der Waals surface area contributed by atoms with Gasteiger partial charge in [0.1, 0.15) is 5.69 Å². The number of hydrogen-bond acceptors (Lipinski definition) is 3. The van der Waals surface area contributed by atoms with Crippen LogP contribution in [0.2, 0.25) is 0 Å². The van der Waals surface area contributed by atoms with E-state index in [9.17, 15) is 22.8 Å². The van der Waals surface area contributed by atoms with Crippen molar-refractivity contribution in [1.82, 2.24) is 9.88 Å². The van der Waals surface area contributed by atoms with Crippen molar-refractivity contribution in [3.05, 3.63) is 29.6 Å². The van der Waals surface area contributed by atoms with Crippen LogP contribution in [-0.4, -0.2) is 40.0 Å². The molecule has 5 nitrogen and oxygen atoms in total. The zero-order chi connectivity index (χ0) is 15.8. The molecule has 2 rings (SSSR count). The maximum Gasteiger partial charge on any atom is 0.418 e. The summed E-state index contributed by atoms with van der Waals surface area (Å²) in [6.45, 7) is 1.64. The van der Waals surface area contributed by atoms with Gasteiger partial charge in [-0.2, -0.15) is 13.2 Å². The number of likely N-dealkylation sites (tertiary alicyclic amines) is 1. The lowest BCUT2D eigenvalue weighted by Crippen LogP contribution is -2.32. The van der Waals surface area contributed by atoms with Crippen LogP contribution in [0.15, 0.2) is 18.3 Å². The highest BCUT2D eigenvalue weighted by Crippen LogP contribution is 2.32. The van der Waals surface area contributed by atoms with Crippen molar-refractivity contribution < 1.29 is 27.9 Å². The number of carbonyl (C=O) groups excluding carboxylic acids is 1. The molecule has 8 heteroatoms. The number of amides is 1. The van der Waals surface area contributed by atoms with Gasteiger partial charge in [0.2, 0.25) is 0 Å². The molecule has 21 heavy (non-hydrogen) atoms. The van der Waals surface area contributed by atoms with E-state index in [0.717, 1.165) is 23.2 Å². The maximum atomic E-state index is 12.9. The molecule has 1 saturated heterocycles. The van der Waals surface area contributed by atoms with Gasteiger partial charge in [-0.25, -0.2) is 0 Å². The Morgan fingerprint density at radius 1 is 1.38 bits per heavy atom. The summed E-state index contributed by atoms with van der Waals surface area (Å²) in [5.41, 5.74) is -1.80. The van der Waals surface area contributed by atoms with E-state index in [4.69, 9.17) is 5.11 Å². The van der Waals surface area contributed by atoms with Crippen LogP contribution < -0.4 is 0 Å². The fraction of sp³-hybridized carbons (Fsp3) is 0.462. The number of hydrogen-bond donors (Lipinski definition) is 1. The van der Waals surface area contributed by atoms with Gasteiger partial charge in [0.05, 0.1) is 11.5 Å². The van der Waals surface area contributed by atoms with Crippen LogP contribution >= 0.6 is 0 Å². The third-order valence-corrected chi connectivity index (χ3v) is 3.53. The summed E-state index contributed by atoms with van der Waals surface area (Å²) in [7, 11) is 0. The third-order valence-electron chi connectivity index (χ3n) is 3.53. The van der Waals surface area contributed by atoms with Crippen LogP contribution in [-0.2, 0) is 11.0 Å². The molecule has 1 amide bonds. The Balaban J connectivity index is 2.29. The van der Waals surface area contributed by atoms with E-state index in [1.807, 2.05) is 0 Å². The lowest BCUT2D eigenvalue weighted by Gasteiger charge is -2.18. The SMILES string of the molecule is C[C@@H]1CN(C(=O)c2ncccc2C(F)(F)F)C[C@H]1C(=O)O. The Morgan fingerprint density at radius 2 is 2.05 bits per heavy atom. The van der Waals surface area contributed by atoms with E-state index in [0.29, 0.717) is 0 Å². The summed E-state index contributed by atoms with van der Waals surface area (Å²) in [6.07, 6.45) is -3.58. The first-order valence-corrected chi connectivity index (χ1v) is 6.26. The van der Waals surface area contributed by atoms with Gasteiger partial charge in [-0.1, -0.05) is 6.92 Å². The van der Waals surface area contributed by atoms with Crippen molar-refractivity contribution in [3.63, 3.8) is 0 Å². The van der Waals surface area contributed by atoms with Gasteiger partial charge in [-0.3, -0.25) is 14.6 Å². The van der Waals surface area contributed by atoms with Gasteiger partial charge in [-0.15, -0.1) is 0 Å². The van der Waals surface area contributed by atoms with Gasteiger partial charge < -0.3 is 10.0 Å². The average molecular weight is 302 g/mol. The second-order valence-corrected chi connectivity index (χ2v) is 5.03. The molecule has 0 aromatic carbocycles. The average Bonchev–Trinajstić information content (AvgIpc) is 2.79. The van der Waals surface area contributed by atoms with E-state index >= 15 is 0 Å². The van der Waals surface area contributed by atoms with Gasteiger partial charge >= 0.3 is 12.1 Å². The van der Waals surface area contributed by atoms with Crippen molar-refractivity contribution in [2.45, 2.75) is 13.1 Å². The number of pyridine rings is 1. The molecule has 0 aliphatic carbocycles. The molecule has 1 N–H and O–H groups in total. The molecular weight excluding hydrogens is 289 g/mol. The molecule has 0 spiro atoms. The minimum atomic E-state index is -4.68. The number of carboxylic acid groups (broad SMARTS) is 1. The highest BCUT2D eigenvalue weighted by Gasteiger charge is 2.41. The second-order valence-electron chi connectivity index (χ2n) is 5.03. The second kappa shape index (κ2) is 5.34. The molecule has 1 aliphatic rings. The summed E-state index contributed by atoms with van der Waals surface area (Å²) in [5, 5.41) is 9.00. The van der Waals surface area contributed by atoms with Crippen LogP contribution in [0.3, 0.4) is 0 Å². The molecule has 1 fully saturated rings. The highest BCUT2D eigenvalue weighted by molar-refractivity contribution is 5.94. The lowest BCUT2D eigenvalue weighted by molar-refractivity contribution is -0.142. The summed E-state index contributed by atoms with van der Waals surface area (Å²) in [6, 6.07) is 1.89. The molecule has 114 valence electrons. The normalized spacial score (nSPS) is 22.4. The molecule has 2 atom stereocenters. The number of carboxylic acids is 1.